The second-order valence-electron chi connectivity index (χ2n) is 16.6. The van der Waals surface area contributed by atoms with Crippen LogP contribution in [0.5, 0.6) is 0 Å². The predicted octanol–water partition coefficient (Wildman–Crippen LogP) is 11.0. The molecule has 0 saturated heterocycles. The summed E-state index contributed by atoms with van der Waals surface area (Å²) < 4.78 is 2.63. The molecule has 2 aliphatic heterocycles. The lowest BCUT2D eigenvalue weighted by atomic mass is 9.45. The highest BCUT2D eigenvalue weighted by Gasteiger charge is 2.43. The average Bonchev–Trinajstić information content (AvgIpc) is 3.45. The average molecular weight is 656 g/mol. The molecule has 0 amide bonds. The number of nitriles is 1. The van der Waals surface area contributed by atoms with E-state index in [0.717, 1.165) is 10.8 Å². The van der Waals surface area contributed by atoms with Crippen molar-refractivity contribution in [3.63, 3.8) is 0 Å². The molecule has 4 heteroatoms. The third kappa shape index (κ3) is 4.25. The van der Waals surface area contributed by atoms with Crippen LogP contribution in [-0.2, 0) is 10.8 Å². The topological polar surface area (TPSA) is 32.0 Å². The van der Waals surface area contributed by atoms with Gasteiger partial charge in [-0.3, -0.25) is 0 Å². The van der Waals surface area contributed by atoms with Gasteiger partial charge in [0.2, 0.25) is 0 Å². The lowest BCUT2D eigenvalue weighted by Crippen LogP contribution is -2.56. The summed E-state index contributed by atoms with van der Waals surface area (Å²) in [6.45, 7) is 13.9. The molecule has 0 unspecified atom stereocenters. The molecule has 3 nitrogen and oxygen atoms in total. The maximum absolute atomic E-state index is 9.70. The molecule has 7 aromatic carbocycles. The van der Waals surface area contributed by atoms with Crippen molar-refractivity contribution >= 4 is 78.2 Å². The maximum atomic E-state index is 9.70. The maximum Gasteiger partial charge on any atom is 0.333 e. The Balaban J connectivity index is 1.36. The largest absolute Gasteiger partial charge is 0.375 e. The first kappa shape index (κ1) is 30.1. The first-order valence-electron chi connectivity index (χ1n) is 18.0. The number of hydrogen-bond acceptors (Lipinski definition) is 2. The highest BCUT2D eigenvalue weighted by atomic mass is 15.2. The third-order valence-electron chi connectivity index (χ3n) is 11.4. The van der Waals surface area contributed by atoms with Gasteiger partial charge in [-0.2, -0.15) is 5.26 Å². The summed E-state index contributed by atoms with van der Waals surface area (Å²) in [5, 5.41) is 16.9. The molecule has 1 aromatic heterocycles. The van der Waals surface area contributed by atoms with E-state index in [4.69, 9.17) is 0 Å². The second kappa shape index (κ2) is 10.1. The van der Waals surface area contributed by atoms with Gasteiger partial charge in [-0.1, -0.05) is 108 Å². The molecule has 3 heterocycles. The monoisotopic (exact) mass is 655 g/mol. The Morgan fingerprint density at radius 3 is 2.00 bits per heavy atom. The van der Waals surface area contributed by atoms with Gasteiger partial charge in [0.25, 0.3) is 0 Å². The number of benzene rings is 7. The number of para-hydroxylation sites is 2. The molecule has 2 aliphatic rings. The fourth-order valence-corrected chi connectivity index (χ4v) is 8.78. The van der Waals surface area contributed by atoms with E-state index in [0.29, 0.717) is 5.56 Å². The first-order valence-corrected chi connectivity index (χ1v) is 18.0. The summed E-state index contributed by atoms with van der Waals surface area (Å²) in [6, 6.07) is 47.7. The van der Waals surface area contributed by atoms with Crippen LogP contribution in [0.2, 0.25) is 0 Å². The van der Waals surface area contributed by atoms with Crippen molar-refractivity contribution in [2.24, 2.45) is 0 Å². The van der Waals surface area contributed by atoms with Crippen LogP contribution >= 0.6 is 0 Å². The van der Waals surface area contributed by atoms with E-state index in [-0.39, 0.29) is 17.7 Å². The summed E-state index contributed by atoms with van der Waals surface area (Å²) in [4.78, 5) is 2.54. The van der Waals surface area contributed by atoms with E-state index in [1.165, 1.54) is 82.8 Å². The normalized spacial score (nSPS) is 13.6. The van der Waals surface area contributed by atoms with Crippen LogP contribution in [0, 0.1) is 11.3 Å². The Bertz CT molecular complexity index is 2820. The van der Waals surface area contributed by atoms with Gasteiger partial charge in [0.15, 0.2) is 0 Å². The van der Waals surface area contributed by atoms with Gasteiger partial charge < -0.3 is 9.38 Å². The van der Waals surface area contributed by atoms with Gasteiger partial charge in [0, 0.05) is 44.4 Å². The third-order valence-corrected chi connectivity index (χ3v) is 11.4. The molecular weight excluding hydrogens is 617 g/mol. The fourth-order valence-electron chi connectivity index (χ4n) is 8.78. The number of hydrogen-bond donors (Lipinski definition) is 0. The number of fused-ring (bicyclic) bond motifs is 9. The Labute approximate surface area is 299 Å². The van der Waals surface area contributed by atoms with Crippen molar-refractivity contribution in [3.8, 4) is 17.2 Å². The molecule has 0 aliphatic carbocycles. The van der Waals surface area contributed by atoms with Gasteiger partial charge in [0.1, 0.15) is 0 Å². The molecule has 0 atom stereocenters. The Morgan fingerprint density at radius 2 is 1.24 bits per heavy atom. The van der Waals surface area contributed by atoms with Crippen LogP contribution < -0.4 is 15.8 Å². The van der Waals surface area contributed by atoms with Gasteiger partial charge in [-0.25, -0.2) is 0 Å². The van der Waals surface area contributed by atoms with Crippen LogP contribution in [0.15, 0.2) is 121 Å². The highest BCUT2D eigenvalue weighted by Crippen LogP contribution is 2.47. The molecule has 0 saturated carbocycles. The van der Waals surface area contributed by atoms with Crippen LogP contribution in [0.25, 0.3) is 54.5 Å². The Hall–Kier alpha value is -5.79. The van der Waals surface area contributed by atoms with Crippen molar-refractivity contribution in [1.82, 2.24) is 4.48 Å². The lowest BCUT2D eigenvalue weighted by molar-refractivity contribution is 0.569. The van der Waals surface area contributed by atoms with Crippen molar-refractivity contribution in [1.29, 1.82) is 5.26 Å². The SMILES string of the molecule is CC(C)(C)c1cc(N2c3cc4cc5cc(C#N)ccc5cc4cc3B3c4c(cccc42)-c2cccc4c5ccccc5n3c24)cc(C(C)(C)C)c1. The molecule has 0 fully saturated rings. The number of aromatic nitrogens is 1. The number of rotatable bonds is 1. The van der Waals surface area contributed by atoms with Crippen LogP contribution in [-0.4, -0.2) is 11.3 Å². The zero-order valence-electron chi connectivity index (χ0n) is 30.0. The summed E-state index contributed by atoms with van der Waals surface area (Å²) in [6.07, 6.45) is 0. The van der Waals surface area contributed by atoms with Gasteiger partial charge in [-0.15, -0.1) is 0 Å². The van der Waals surface area contributed by atoms with Gasteiger partial charge >= 0.3 is 6.85 Å². The predicted molar refractivity (Wildman–Crippen MR) is 217 cm³/mol. The summed E-state index contributed by atoms with van der Waals surface area (Å²) in [5.41, 5.74) is 14.7. The van der Waals surface area contributed by atoms with Crippen LogP contribution in [0.3, 0.4) is 0 Å². The molecule has 244 valence electrons. The molecule has 0 spiro atoms. The van der Waals surface area contributed by atoms with E-state index >= 15 is 0 Å². The zero-order chi connectivity index (χ0) is 35.0. The van der Waals surface area contributed by atoms with E-state index in [1.807, 2.05) is 12.1 Å². The summed E-state index contributed by atoms with van der Waals surface area (Å²) >= 11 is 0. The molecule has 0 bridgehead atoms. The first-order chi connectivity index (χ1) is 24.5. The van der Waals surface area contributed by atoms with E-state index in [1.54, 1.807) is 0 Å². The molecule has 51 heavy (non-hydrogen) atoms. The number of nitrogens with zero attached hydrogens (tertiary/aromatic N) is 3. The molecule has 8 aromatic rings. The van der Waals surface area contributed by atoms with E-state index in [9.17, 15) is 5.26 Å². The zero-order valence-corrected chi connectivity index (χ0v) is 30.0. The molecule has 10 rings (SSSR count). The summed E-state index contributed by atoms with van der Waals surface area (Å²) in [7, 11) is 0. The fraction of sp³-hybridized carbons (Fsp3) is 0.170. The molecule has 0 radical (unpaired) electrons. The molecule has 0 N–H and O–H groups in total. The second-order valence-corrected chi connectivity index (χ2v) is 16.6. The molecular formula is C47H38BN3. The van der Waals surface area contributed by atoms with Crippen molar-refractivity contribution in [3.05, 3.63) is 138 Å². The lowest BCUT2D eigenvalue weighted by Gasteiger charge is -2.41. The Kier molecular flexibility index (Phi) is 5.98. The highest BCUT2D eigenvalue weighted by molar-refractivity contribution is 6.90. The van der Waals surface area contributed by atoms with Gasteiger partial charge in [-0.05, 0) is 115 Å². The summed E-state index contributed by atoms with van der Waals surface area (Å²) in [5.74, 6) is 0. The minimum absolute atomic E-state index is 0.00584. The van der Waals surface area contributed by atoms with Crippen molar-refractivity contribution < 1.29 is 0 Å². The van der Waals surface area contributed by atoms with E-state index < -0.39 is 0 Å². The standard InChI is InChI=1S/C47H38BN3/c1-46(2,3)33-24-34(47(4,5)6)26-35(25-33)50-42-16-10-12-37-39-14-9-13-38-36-11-7-8-15-41(36)51(45(38)39)48(44(37)42)40-22-31-20-29-18-17-28(27-49)19-30(29)21-32(31)23-43(40)50/h7-26H,1-6H3. The smallest absolute Gasteiger partial charge is 0.333 e. The van der Waals surface area contributed by atoms with E-state index in [2.05, 4.69) is 166 Å². The van der Waals surface area contributed by atoms with Crippen molar-refractivity contribution in [2.75, 3.05) is 4.90 Å². The minimum Gasteiger partial charge on any atom is -0.375 e. The van der Waals surface area contributed by atoms with Gasteiger partial charge in [0.05, 0.1) is 11.6 Å². The minimum atomic E-state index is -0.0252. The Morgan fingerprint density at radius 1 is 0.569 bits per heavy atom. The van der Waals surface area contributed by atoms with Crippen LogP contribution in [0.1, 0.15) is 58.2 Å². The van der Waals surface area contributed by atoms with Crippen molar-refractivity contribution in [2.45, 2.75) is 52.4 Å². The quantitative estimate of drug-likeness (QED) is 0.130. The number of anilines is 3. The van der Waals surface area contributed by atoms with Crippen LogP contribution in [0.4, 0.5) is 17.1 Å².